The lowest BCUT2D eigenvalue weighted by Crippen LogP contribution is -2.29. The second-order valence-electron chi connectivity index (χ2n) is 4.61. The number of carbonyl (C=O) groups is 1. The number of methoxy groups -OCH3 is 1. The van der Waals surface area contributed by atoms with Crippen molar-refractivity contribution in [3.63, 3.8) is 0 Å². The Balaban J connectivity index is 2.78. The zero-order valence-corrected chi connectivity index (χ0v) is 13.7. The van der Waals surface area contributed by atoms with Gasteiger partial charge in [-0.25, -0.2) is 0 Å². The van der Waals surface area contributed by atoms with Gasteiger partial charge >= 0.3 is 5.69 Å². The van der Waals surface area contributed by atoms with Gasteiger partial charge in [0.2, 0.25) is 0 Å². The van der Waals surface area contributed by atoms with E-state index < -0.39 is 4.92 Å². The highest BCUT2D eigenvalue weighted by atomic mass is 79.9. The first-order valence-electron chi connectivity index (χ1n) is 6.70. The summed E-state index contributed by atoms with van der Waals surface area (Å²) in [7, 11) is 1.36. The van der Waals surface area contributed by atoms with Crippen LogP contribution in [0.1, 0.15) is 30.1 Å². The van der Waals surface area contributed by atoms with Gasteiger partial charge in [0.1, 0.15) is 0 Å². The van der Waals surface area contributed by atoms with E-state index in [-0.39, 0.29) is 22.9 Å². The van der Waals surface area contributed by atoms with Crippen LogP contribution in [-0.2, 0) is 0 Å². The van der Waals surface area contributed by atoms with Gasteiger partial charge < -0.3 is 10.1 Å². The summed E-state index contributed by atoms with van der Waals surface area (Å²) in [6, 6.07) is 4.19. The van der Waals surface area contributed by atoms with Crippen LogP contribution in [0.15, 0.2) is 18.2 Å². The molecule has 1 unspecified atom stereocenters. The second-order valence-corrected chi connectivity index (χ2v) is 5.40. The molecule has 6 nitrogen and oxygen atoms in total. The van der Waals surface area contributed by atoms with Gasteiger partial charge in [0.15, 0.2) is 5.75 Å². The molecule has 0 spiro atoms. The van der Waals surface area contributed by atoms with Crippen LogP contribution in [0.3, 0.4) is 0 Å². The molecule has 1 aromatic rings. The average molecular weight is 359 g/mol. The largest absolute Gasteiger partial charge is 0.490 e. The molecule has 1 rings (SSSR count). The molecular formula is C14H19BrN2O4. The number of halogens is 1. The lowest BCUT2D eigenvalue weighted by atomic mass is 10.0. The van der Waals surface area contributed by atoms with Crippen molar-refractivity contribution in [2.75, 3.05) is 19.0 Å². The summed E-state index contributed by atoms with van der Waals surface area (Å²) < 4.78 is 4.91. The number of nitrogens with zero attached hydrogens (tertiary/aromatic N) is 1. The monoisotopic (exact) mass is 358 g/mol. The average Bonchev–Trinajstić information content (AvgIpc) is 2.50. The summed E-state index contributed by atoms with van der Waals surface area (Å²) >= 11 is 3.38. The number of nitrogens with one attached hydrogen (secondary N) is 1. The molecule has 7 heteroatoms. The van der Waals surface area contributed by atoms with Crippen LogP contribution in [0, 0.1) is 16.0 Å². The zero-order chi connectivity index (χ0) is 15.8. The minimum atomic E-state index is -0.560. The lowest BCUT2D eigenvalue weighted by molar-refractivity contribution is -0.385. The maximum Gasteiger partial charge on any atom is 0.311 e. The summed E-state index contributed by atoms with van der Waals surface area (Å²) in [4.78, 5) is 22.4. The molecule has 1 amide bonds. The summed E-state index contributed by atoms with van der Waals surface area (Å²) in [5.41, 5.74) is 0.0499. The molecule has 0 fully saturated rings. The third-order valence-corrected chi connectivity index (χ3v) is 3.74. The number of nitro groups is 1. The van der Waals surface area contributed by atoms with Crippen molar-refractivity contribution in [3.05, 3.63) is 33.9 Å². The first-order valence-corrected chi connectivity index (χ1v) is 7.82. The molecular weight excluding hydrogens is 340 g/mol. The molecule has 0 saturated carbocycles. The molecule has 0 aromatic heterocycles. The Labute approximate surface area is 132 Å². The summed E-state index contributed by atoms with van der Waals surface area (Å²) in [6.45, 7) is 2.62. The van der Waals surface area contributed by atoms with Crippen molar-refractivity contribution in [2.24, 2.45) is 5.92 Å². The number of hydrogen-bond acceptors (Lipinski definition) is 4. The molecule has 116 valence electrons. The molecule has 0 radical (unpaired) electrons. The maximum absolute atomic E-state index is 12.1. The SMILES string of the molecule is CCC(CCBr)CNC(=O)c1ccc(OC)c([N+](=O)[O-])c1. The van der Waals surface area contributed by atoms with Crippen molar-refractivity contribution in [1.82, 2.24) is 5.32 Å². The van der Waals surface area contributed by atoms with E-state index in [2.05, 4.69) is 28.2 Å². The van der Waals surface area contributed by atoms with Crippen LogP contribution in [0.4, 0.5) is 5.69 Å². The van der Waals surface area contributed by atoms with E-state index in [1.54, 1.807) is 0 Å². The number of amides is 1. The normalized spacial score (nSPS) is 11.8. The highest BCUT2D eigenvalue weighted by molar-refractivity contribution is 9.09. The van der Waals surface area contributed by atoms with Gasteiger partial charge in [-0.1, -0.05) is 29.3 Å². The standard InChI is InChI=1S/C14H19BrN2O4/c1-3-10(6-7-15)9-16-14(18)11-4-5-13(21-2)12(8-11)17(19)20/h4-5,8,10H,3,6-7,9H2,1-2H3,(H,16,18). The first-order chi connectivity index (χ1) is 10.0. The predicted molar refractivity (Wildman–Crippen MR) is 84.2 cm³/mol. The highest BCUT2D eigenvalue weighted by Crippen LogP contribution is 2.27. The van der Waals surface area contributed by atoms with Crippen LogP contribution in [0.25, 0.3) is 0 Å². The fourth-order valence-electron chi connectivity index (χ4n) is 1.92. The fourth-order valence-corrected chi connectivity index (χ4v) is 2.57. The van der Waals surface area contributed by atoms with Gasteiger partial charge in [-0.3, -0.25) is 14.9 Å². The fraction of sp³-hybridized carbons (Fsp3) is 0.500. The van der Waals surface area contributed by atoms with Crippen molar-refractivity contribution >= 4 is 27.5 Å². The van der Waals surface area contributed by atoms with Gasteiger partial charge in [0, 0.05) is 23.5 Å². The van der Waals surface area contributed by atoms with Crippen molar-refractivity contribution in [3.8, 4) is 5.75 Å². The third-order valence-electron chi connectivity index (χ3n) is 3.28. The summed E-state index contributed by atoms with van der Waals surface area (Å²) in [6.07, 6.45) is 1.94. The minimum absolute atomic E-state index is 0.141. The van der Waals surface area contributed by atoms with E-state index in [0.29, 0.717) is 12.5 Å². The Kier molecular flexibility index (Phi) is 7.14. The maximum atomic E-state index is 12.1. The molecule has 1 N–H and O–H groups in total. The highest BCUT2D eigenvalue weighted by Gasteiger charge is 2.18. The molecule has 0 heterocycles. The number of alkyl halides is 1. The van der Waals surface area contributed by atoms with E-state index in [4.69, 9.17) is 4.74 Å². The summed E-state index contributed by atoms with van der Waals surface area (Å²) in [5.74, 6) is 0.220. The topological polar surface area (TPSA) is 81.5 Å². The molecule has 1 atom stereocenters. The van der Waals surface area contributed by atoms with Crippen molar-refractivity contribution < 1.29 is 14.5 Å². The van der Waals surface area contributed by atoms with E-state index in [9.17, 15) is 14.9 Å². The zero-order valence-electron chi connectivity index (χ0n) is 12.1. The van der Waals surface area contributed by atoms with Gasteiger partial charge in [-0.2, -0.15) is 0 Å². The van der Waals surface area contributed by atoms with Crippen molar-refractivity contribution in [1.29, 1.82) is 0 Å². The molecule has 0 aliphatic carbocycles. The van der Waals surface area contributed by atoms with Gasteiger partial charge in [-0.05, 0) is 24.5 Å². The van der Waals surface area contributed by atoms with Gasteiger partial charge in [0.25, 0.3) is 5.91 Å². The Bertz CT molecular complexity index is 508. The summed E-state index contributed by atoms with van der Waals surface area (Å²) in [5, 5.41) is 14.6. The lowest BCUT2D eigenvalue weighted by Gasteiger charge is -2.14. The number of ether oxygens (including phenoxy) is 1. The quantitative estimate of drug-likeness (QED) is 0.439. The smallest absolute Gasteiger partial charge is 0.311 e. The second kappa shape index (κ2) is 8.61. The van der Waals surface area contributed by atoms with Crippen LogP contribution in [0.2, 0.25) is 0 Å². The Hall–Kier alpha value is -1.63. The Morgan fingerprint density at radius 1 is 1.52 bits per heavy atom. The van der Waals surface area contributed by atoms with Crippen LogP contribution >= 0.6 is 15.9 Å². The van der Waals surface area contributed by atoms with Gasteiger partial charge in [-0.15, -0.1) is 0 Å². The number of rotatable bonds is 8. The van der Waals surface area contributed by atoms with E-state index in [1.165, 1.54) is 25.3 Å². The molecule has 0 aliphatic heterocycles. The van der Waals surface area contributed by atoms with E-state index in [0.717, 1.165) is 18.2 Å². The van der Waals surface area contributed by atoms with E-state index in [1.807, 2.05) is 0 Å². The molecule has 0 saturated heterocycles. The molecule has 0 aliphatic rings. The predicted octanol–water partition coefficient (Wildman–Crippen LogP) is 3.14. The van der Waals surface area contributed by atoms with Crippen LogP contribution in [0.5, 0.6) is 5.75 Å². The molecule has 1 aromatic carbocycles. The number of hydrogen-bond donors (Lipinski definition) is 1. The number of benzene rings is 1. The van der Waals surface area contributed by atoms with Gasteiger partial charge in [0.05, 0.1) is 12.0 Å². The van der Waals surface area contributed by atoms with Crippen molar-refractivity contribution in [2.45, 2.75) is 19.8 Å². The third kappa shape index (κ3) is 5.00. The first kappa shape index (κ1) is 17.4. The van der Waals surface area contributed by atoms with E-state index >= 15 is 0 Å². The Morgan fingerprint density at radius 3 is 2.76 bits per heavy atom. The molecule has 21 heavy (non-hydrogen) atoms. The number of carbonyl (C=O) groups excluding carboxylic acids is 1. The molecule has 0 bridgehead atoms. The Morgan fingerprint density at radius 2 is 2.24 bits per heavy atom. The van der Waals surface area contributed by atoms with Crippen LogP contribution < -0.4 is 10.1 Å². The van der Waals surface area contributed by atoms with Crippen LogP contribution in [-0.4, -0.2) is 29.8 Å². The number of nitro benzene ring substituents is 1. The minimum Gasteiger partial charge on any atom is -0.490 e.